The average molecular weight is 438 g/mol. The number of ether oxygens (including phenoxy) is 3. The zero-order chi connectivity index (χ0) is 22.1. The summed E-state index contributed by atoms with van der Waals surface area (Å²) in [5.41, 5.74) is 1.72. The highest BCUT2D eigenvalue weighted by atomic mass is 32.2. The number of carboxylic acid groups (broad SMARTS) is 1. The largest absolute Gasteiger partial charge is 0.493 e. The molecule has 0 aliphatic rings. The van der Waals surface area contributed by atoms with Crippen LogP contribution in [0.1, 0.15) is 18.1 Å². The van der Waals surface area contributed by atoms with Gasteiger partial charge in [0.2, 0.25) is 0 Å². The first-order valence-corrected chi connectivity index (χ1v) is 11.2. The molecular weight excluding hydrogens is 412 g/mol. The fourth-order valence-corrected chi connectivity index (χ4v) is 3.22. The number of carbonyl (C=O) groups is 1. The van der Waals surface area contributed by atoms with Gasteiger partial charge in [-0.05, 0) is 42.3 Å². The van der Waals surface area contributed by atoms with E-state index in [0.29, 0.717) is 31.1 Å². The number of benzene rings is 2. The van der Waals surface area contributed by atoms with Crippen LogP contribution < -0.4 is 13.7 Å². The Morgan fingerprint density at radius 2 is 1.73 bits per heavy atom. The van der Waals surface area contributed by atoms with Crippen LogP contribution in [0.2, 0.25) is 0 Å². The fraction of sp³-hybridized carbons (Fsp3) is 0.381. The third-order valence-electron chi connectivity index (χ3n) is 4.11. The van der Waals surface area contributed by atoms with Gasteiger partial charge in [0.05, 0.1) is 20.0 Å². The Morgan fingerprint density at radius 3 is 2.30 bits per heavy atom. The fourth-order valence-electron chi connectivity index (χ4n) is 2.76. The van der Waals surface area contributed by atoms with Crippen LogP contribution in [0, 0.1) is 0 Å². The summed E-state index contributed by atoms with van der Waals surface area (Å²) in [5, 5.41) is 9.23. The second-order valence-electron chi connectivity index (χ2n) is 6.50. The topological polar surface area (TPSA) is 108 Å². The van der Waals surface area contributed by atoms with Gasteiger partial charge >= 0.3 is 16.1 Å². The normalized spacial score (nSPS) is 12.2. The maximum absolute atomic E-state index is 11.3. The average Bonchev–Trinajstić information content (AvgIpc) is 2.68. The Kier molecular flexibility index (Phi) is 8.49. The van der Waals surface area contributed by atoms with Crippen LogP contribution in [0.5, 0.6) is 17.2 Å². The van der Waals surface area contributed by atoms with Crippen LogP contribution in [-0.2, 0) is 32.5 Å². The molecule has 2 rings (SSSR count). The van der Waals surface area contributed by atoms with Crippen molar-refractivity contribution < 1.29 is 36.7 Å². The van der Waals surface area contributed by atoms with Gasteiger partial charge in [-0.3, -0.25) is 0 Å². The molecule has 164 valence electrons. The molecule has 0 bridgehead atoms. The van der Waals surface area contributed by atoms with Gasteiger partial charge in [0.25, 0.3) is 0 Å². The number of hydrogen-bond acceptors (Lipinski definition) is 7. The molecule has 0 saturated carbocycles. The van der Waals surface area contributed by atoms with Crippen LogP contribution >= 0.6 is 0 Å². The van der Waals surface area contributed by atoms with Crippen LogP contribution in [0.3, 0.4) is 0 Å². The molecule has 0 radical (unpaired) electrons. The highest BCUT2D eigenvalue weighted by molar-refractivity contribution is 7.86. The van der Waals surface area contributed by atoms with Crippen molar-refractivity contribution in [2.45, 2.75) is 25.9 Å². The molecule has 2 aromatic carbocycles. The second kappa shape index (κ2) is 10.8. The lowest BCUT2D eigenvalue weighted by atomic mass is 10.1. The molecular formula is C21H26O8S. The van der Waals surface area contributed by atoms with E-state index in [9.17, 15) is 18.3 Å². The zero-order valence-corrected chi connectivity index (χ0v) is 18.0. The maximum Gasteiger partial charge on any atom is 0.333 e. The zero-order valence-electron chi connectivity index (χ0n) is 17.2. The van der Waals surface area contributed by atoms with Crippen LogP contribution in [-0.4, -0.2) is 52.2 Å². The Balaban J connectivity index is 1.96. The summed E-state index contributed by atoms with van der Waals surface area (Å²) >= 11 is 0. The molecule has 0 aliphatic carbocycles. The molecule has 2 aromatic rings. The quantitative estimate of drug-likeness (QED) is 0.504. The van der Waals surface area contributed by atoms with E-state index in [1.807, 2.05) is 0 Å². The molecule has 0 spiro atoms. The van der Waals surface area contributed by atoms with Gasteiger partial charge in [-0.15, -0.1) is 0 Å². The van der Waals surface area contributed by atoms with Crippen LogP contribution in [0.25, 0.3) is 0 Å². The maximum atomic E-state index is 11.3. The van der Waals surface area contributed by atoms with Crippen molar-refractivity contribution in [1.82, 2.24) is 0 Å². The molecule has 9 heteroatoms. The monoisotopic (exact) mass is 438 g/mol. The van der Waals surface area contributed by atoms with Gasteiger partial charge in [0, 0.05) is 19.4 Å². The molecule has 1 atom stereocenters. The Hall–Kier alpha value is -2.78. The van der Waals surface area contributed by atoms with E-state index in [0.717, 1.165) is 17.4 Å². The second-order valence-corrected chi connectivity index (χ2v) is 8.08. The van der Waals surface area contributed by atoms with E-state index in [4.69, 9.17) is 18.4 Å². The lowest BCUT2D eigenvalue weighted by Gasteiger charge is -2.15. The molecule has 1 unspecified atom stereocenters. The van der Waals surface area contributed by atoms with Gasteiger partial charge in [-0.2, -0.15) is 8.42 Å². The van der Waals surface area contributed by atoms with E-state index in [2.05, 4.69) is 0 Å². The molecule has 0 fully saturated rings. The minimum absolute atomic E-state index is 0.224. The molecule has 0 heterocycles. The number of carboxylic acids is 1. The summed E-state index contributed by atoms with van der Waals surface area (Å²) in [4.78, 5) is 11.3. The van der Waals surface area contributed by atoms with Gasteiger partial charge in [-0.1, -0.05) is 18.2 Å². The summed E-state index contributed by atoms with van der Waals surface area (Å²) in [6, 6.07) is 12.0. The highest BCUT2D eigenvalue weighted by Crippen LogP contribution is 2.29. The number of rotatable bonds is 12. The number of hydrogen-bond donors (Lipinski definition) is 1. The molecule has 0 aliphatic heterocycles. The van der Waals surface area contributed by atoms with Crippen molar-refractivity contribution in [3.63, 3.8) is 0 Å². The van der Waals surface area contributed by atoms with Crippen molar-refractivity contribution in [1.29, 1.82) is 0 Å². The van der Waals surface area contributed by atoms with Crippen molar-refractivity contribution in [2.24, 2.45) is 0 Å². The van der Waals surface area contributed by atoms with E-state index >= 15 is 0 Å². The Labute approximate surface area is 176 Å². The van der Waals surface area contributed by atoms with E-state index < -0.39 is 22.2 Å². The van der Waals surface area contributed by atoms with E-state index in [1.165, 1.54) is 7.11 Å². The van der Waals surface area contributed by atoms with Crippen LogP contribution in [0.15, 0.2) is 42.5 Å². The van der Waals surface area contributed by atoms with E-state index in [1.54, 1.807) is 49.4 Å². The van der Waals surface area contributed by atoms with E-state index in [-0.39, 0.29) is 12.2 Å². The van der Waals surface area contributed by atoms with Crippen molar-refractivity contribution in [3.8, 4) is 17.2 Å². The summed E-state index contributed by atoms with van der Waals surface area (Å²) in [6.45, 7) is 2.44. The molecule has 0 aromatic heterocycles. The summed E-state index contributed by atoms with van der Waals surface area (Å²) in [6.07, 6.45) is 0.893. The Morgan fingerprint density at radius 1 is 1.07 bits per heavy atom. The standard InChI is InChI=1S/C21H26O8S/c1-4-27-20(21(22)23)14-16-7-10-18(19(13-16)26-2)28-12-11-15-5-8-17(9-6-15)29-30(3,24)25/h5-10,13,20H,4,11-12,14H2,1-3H3,(H,22,23). The molecule has 30 heavy (non-hydrogen) atoms. The minimum Gasteiger partial charge on any atom is -0.493 e. The van der Waals surface area contributed by atoms with Gasteiger partial charge < -0.3 is 23.5 Å². The molecule has 0 amide bonds. The molecule has 8 nitrogen and oxygen atoms in total. The first kappa shape index (κ1) is 23.5. The minimum atomic E-state index is -3.55. The smallest absolute Gasteiger partial charge is 0.333 e. The van der Waals surface area contributed by atoms with Crippen molar-refractivity contribution in [2.75, 3.05) is 26.6 Å². The van der Waals surface area contributed by atoms with Crippen molar-refractivity contribution >= 4 is 16.1 Å². The summed E-state index contributed by atoms with van der Waals surface area (Å²) in [7, 11) is -2.03. The van der Waals surface area contributed by atoms with Crippen molar-refractivity contribution in [3.05, 3.63) is 53.6 Å². The molecule has 0 saturated heterocycles. The lowest BCUT2D eigenvalue weighted by molar-refractivity contribution is -0.149. The Bertz CT molecular complexity index is 938. The van der Waals surface area contributed by atoms with Gasteiger partial charge in [-0.25, -0.2) is 4.79 Å². The predicted octanol–water partition coefficient (Wildman–Crippen LogP) is 2.69. The lowest BCUT2D eigenvalue weighted by Crippen LogP contribution is -2.26. The first-order chi connectivity index (χ1) is 14.2. The number of aliphatic carboxylic acids is 1. The summed E-state index contributed by atoms with van der Waals surface area (Å²) < 4.78 is 43.5. The van der Waals surface area contributed by atoms with Crippen LogP contribution in [0.4, 0.5) is 0 Å². The summed E-state index contributed by atoms with van der Waals surface area (Å²) in [5.74, 6) is 0.293. The van der Waals surface area contributed by atoms with Gasteiger partial charge in [0.1, 0.15) is 5.75 Å². The predicted molar refractivity (Wildman–Crippen MR) is 111 cm³/mol. The SMILES string of the molecule is CCOC(Cc1ccc(OCCc2ccc(OS(C)(=O)=O)cc2)c(OC)c1)C(=O)O. The number of methoxy groups -OCH3 is 1. The third-order valence-corrected chi connectivity index (χ3v) is 4.61. The molecule has 1 N–H and O–H groups in total. The highest BCUT2D eigenvalue weighted by Gasteiger charge is 2.19. The first-order valence-electron chi connectivity index (χ1n) is 9.34. The third kappa shape index (κ3) is 7.57. The van der Waals surface area contributed by atoms with Gasteiger partial charge in [0.15, 0.2) is 17.6 Å².